The van der Waals surface area contributed by atoms with Crippen molar-refractivity contribution in [3.63, 3.8) is 0 Å². The normalized spacial score (nSPS) is 10.6. The first kappa shape index (κ1) is 10.0. The number of nitrogens with one attached hydrogen (secondary N) is 2. The van der Waals surface area contributed by atoms with Gasteiger partial charge < -0.3 is 5.32 Å². The van der Waals surface area contributed by atoms with Gasteiger partial charge in [-0.2, -0.15) is 0 Å². The first-order valence-corrected chi connectivity index (χ1v) is 5.39. The van der Waals surface area contributed by atoms with E-state index in [2.05, 4.69) is 25.7 Å². The number of nitrogens with zero attached hydrogens (tertiary/aromatic N) is 3. The summed E-state index contributed by atoms with van der Waals surface area (Å²) in [5.41, 5.74) is 0.878. The Hall–Kier alpha value is -2.14. The lowest BCUT2D eigenvalue weighted by atomic mass is 10.2. The molecule has 1 aromatic carbocycles. The molecule has 0 radical (unpaired) electrons. The number of aromatic amines is 1. The number of aromatic nitrogens is 4. The van der Waals surface area contributed by atoms with Gasteiger partial charge in [-0.1, -0.05) is 16.8 Å². The summed E-state index contributed by atoms with van der Waals surface area (Å²) in [7, 11) is 0. The van der Waals surface area contributed by atoms with E-state index in [1.165, 1.54) is 0 Å². The highest BCUT2D eigenvalue weighted by atomic mass is 35.5. The molecule has 0 fully saturated rings. The van der Waals surface area contributed by atoms with Gasteiger partial charge in [0, 0.05) is 10.4 Å². The maximum atomic E-state index is 5.91. The molecule has 0 spiro atoms. The summed E-state index contributed by atoms with van der Waals surface area (Å²) in [5, 5.41) is 14.8. The zero-order valence-electron chi connectivity index (χ0n) is 8.68. The molecule has 0 amide bonds. The van der Waals surface area contributed by atoms with E-state index in [4.69, 9.17) is 11.6 Å². The van der Waals surface area contributed by atoms with Gasteiger partial charge in [0.2, 0.25) is 0 Å². The van der Waals surface area contributed by atoms with Crippen molar-refractivity contribution in [1.29, 1.82) is 0 Å². The SMILES string of the molecule is Clc1ccc2nc(Nc3c[nH]nn3)ccc2c1. The summed E-state index contributed by atoms with van der Waals surface area (Å²) < 4.78 is 0. The molecule has 3 aromatic rings. The minimum Gasteiger partial charge on any atom is -0.322 e. The van der Waals surface area contributed by atoms with Crippen LogP contribution >= 0.6 is 11.6 Å². The maximum Gasteiger partial charge on any atom is 0.173 e. The second-order valence-electron chi connectivity index (χ2n) is 3.52. The molecule has 0 unspecified atom stereocenters. The van der Waals surface area contributed by atoms with Gasteiger partial charge in [0.25, 0.3) is 0 Å². The van der Waals surface area contributed by atoms with Crippen LogP contribution < -0.4 is 5.32 Å². The summed E-state index contributed by atoms with van der Waals surface area (Å²) in [6.45, 7) is 0. The molecule has 5 nitrogen and oxygen atoms in total. The second kappa shape index (κ2) is 4.03. The van der Waals surface area contributed by atoms with E-state index in [-0.39, 0.29) is 0 Å². The Labute approximate surface area is 102 Å². The van der Waals surface area contributed by atoms with Crippen molar-refractivity contribution in [1.82, 2.24) is 20.4 Å². The van der Waals surface area contributed by atoms with Gasteiger partial charge in [-0.3, -0.25) is 5.10 Å². The molecule has 0 aliphatic rings. The zero-order chi connectivity index (χ0) is 11.7. The predicted molar refractivity (Wildman–Crippen MR) is 66.4 cm³/mol. The van der Waals surface area contributed by atoms with Crippen LogP contribution in [-0.2, 0) is 0 Å². The molecule has 0 aliphatic carbocycles. The Morgan fingerprint density at radius 1 is 1.12 bits per heavy atom. The molecule has 6 heteroatoms. The van der Waals surface area contributed by atoms with Crippen LogP contribution in [0.15, 0.2) is 36.5 Å². The van der Waals surface area contributed by atoms with Crippen LogP contribution in [0.1, 0.15) is 0 Å². The highest BCUT2D eigenvalue weighted by Gasteiger charge is 2.01. The zero-order valence-corrected chi connectivity index (χ0v) is 9.44. The molecule has 2 heterocycles. The number of hydrogen-bond acceptors (Lipinski definition) is 4. The number of benzene rings is 1. The molecular formula is C11H8ClN5. The fourth-order valence-corrected chi connectivity index (χ4v) is 1.74. The number of fused-ring (bicyclic) bond motifs is 1. The third-order valence-electron chi connectivity index (χ3n) is 2.32. The number of anilines is 2. The molecule has 0 bridgehead atoms. The maximum absolute atomic E-state index is 5.91. The van der Waals surface area contributed by atoms with E-state index < -0.39 is 0 Å². The molecule has 3 rings (SSSR count). The van der Waals surface area contributed by atoms with Crippen LogP contribution in [0.5, 0.6) is 0 Å². The summed E-state index contributed by atoms with van der Waals surface area (Å²) in [6, 6.07) is 9.40. The van der Waals surface area contributed by atoms with Gasteiger partial charge in [0.05, 0.1) is 11.7 Å². The molecule has 0 saturated carbocycles. The Morgan fingerprint density at radius 2 is 2.06 bits per heavy atom. The topological polar surface area (TPSA) is 66.5 Å². The van der Waals surface area contributed by atoms with Gasteiger partial charge >= 0.3 is 0 Å². The van der Waals surface area contributed by atoms with Crippen molar-refractivity contribution in [3.8, 4) is 0 Å². The Bertz CT molecular complexity index is 650. The van der Waals surface area contributed by atoms with E-state index in [0.29, 0.717) is 16.7 Å². The van der Waals surface area contributed by atoms with Crippen molar-refractivity contribution in [2.45, 2.75) is 0 Å². The molecular weight excluding hydrogens is 238 g/mol. The molecule has 0 saturated heterocycles. The van der Waals surface area contributed by atoms with Crippen LogP contribution in [0.3, 0.4) is 0 Å². The van der Waals surface area contributed by atoms with E-state index in [1.807, 2.05) is 30.3 Å². The number of rotatable bonds is 2. The fourth-order valence-electron chi connectivity index (χ4n) is 1.56. The Kier molecular flexibility index (Phi) is 2.38. The first-order chi connectivity index (χ1) is 8.31. The van der Waals surface area contributed by atoms with Crippen molar-refractivity contribution in [2.24, 2.45) is 0 Å². The third-order valence-corrected chi connectivity index (χ3v) is 2.56. The lowest BCUT2D eigenvalue weighted by Gasteiger charge is -2.03. The lowest BCUT2D eigenvalue weighted by Crippen LogP contribution is -1.93. The minimum absolute atomic E-state index is 0.630. The quantitative estimate of drug-likeness (QED) is 0.729. The highest BCUT2D eigenvalue weighted by molar-refractivity contribution is 6.31. The van der Waals surface area contributed by atoms with Crippen molar-refractivity contribution in [2.75, 3.05) is 5.32 Å². The molecule has 84 valence electrons. The van der Waals surface area contributed by atoms with Gasteiger partial charge in [-0.05, 0) is 30.3 Å². The van der Waals surface area contributed by atoms with E-state index in [0.717, 1.165) is 10.9 Å². The summed E-state index contributed by atoms with van der Waals surface area (Å²) in [6.07, 6.45) is 1.66. The molecule has 0 aliphatic heterocycles. The fraction of sp³-hybridized carbons (Fsp3) is 0. The monoisotopic (exact) mass is 245 g/mol. The average Bonchev–Trinajstić information content (AvgIpc) is 2.82. The Morgan fingerprint density at radius 3 is 2.88 bits per heavy atom. The summed E-state index contributed by atoms with van der Waals surface area (Å²) >= 11 is 5.91. The average molecular weight is 246 g/mol. The smallest absolute Gasteiger partial charge is 0.173 e. The van der Waals surface area contributed by atoms with Gasteiger partial charge in [0.15, 0.2) is 5.82 Å². The standard InChI is InChI=1S/C11H8ClN5/c12-8-2-3-9-7(5-8)1-4-10(14-9)15-11-6-13-17-16-11/h1-6H,(H2,13,14,15,16,17). The summed E-state index contributed by atoms with van der Waals surface area (Å²) in [4.78, 5) is 4.44. The number of hydrogen-bond donors (Lipinski definition) is 2. The number of halogens is 1. The largest absolute Gasteiger partial charge is 0.322 e. The number of pyridine rings is 1. The van der Waals surface area contributed by atoms with Gasteiger partial charge in [-0.25, -0.2) is 4.98 Å². The molecule has 2 N–H and O–H groups in total. The molecule has 0 atom stereocenters. The van der Waals surface area contributed by atoms with Crippen LogP contribution in [0.2, 0.25) is 5.02 Å². The van der Waals surface area contributed by atoms with Crippen LogP contribution in [0, 0.1) is 0 Å². The minimum atomic E-state index is 0.630. The molecule has 2 aromatic heterocycles. The van der Waals surface area contributed by atoms with E-state index in [1.54, 1.807) is 6.20 Å². The molecule has 17 heavy (non-hydrogen) atoms. The first-order valence-electron chi connectivity index (χ1n) is 5.01. The third kappa shape index (κ3) is 2.05. The van der Waals surface area contributed by atoms with Crippen LogP contribution in [0.4, 0.5) is 11.6 Å². The van der Waals surface area contributed by atoms with Crippen LogP contribution in [0.25, 0.3) is 10.9 Å². The Balaban J connectivity index is 1.99. The second-order valence-corrected chi connectivity index (χ2v) is 3.95. The van der Waals surface area contributed by atoms with Gasteiger partial charge in [-0.15, -0.1) is 5.10 Å². The van der Waals surface area contributed by atoms with Gasteiger partial charge in [0.1, 0.15) is 5.82 Å². The highest BCUT2D eigenvalue weighted by Crippen LogP contribution is 2.20. The van der Waals surface area contributed by atoms with E-state index >= 15 is 0 Å². The van der Waals surface area contributed by atoms with Crippen LogP contribution in [-0.4, -0.2) is 20.4 Å². The lowest BCUT2D eigenvalue weighted by molar-refractivity contribution is 0.941. The number of H-pyrrole nitrogens is 1. The van der Waals surface area contributed by atoms with E-state index in [9.17, 15) is 0 Å². The summed E-state index contributed by atoms with van der Waals surface area (Å²) in [5.74, 6) is 1.35. The van der Waals surface area contributed by atoms with Crippen molar-refractivity contribution < 1.29 is 0 Å². The predicted octanol–water partition coefficient (Wildman–Crippen LogP) is 2.75. The van der Waals surface area contributed by atoms with Crippen molar-refractivity contribution in [3.05, 3.63) is 41.6 Å². The van der Waals surface area contributed by atoms with Crippen molar-refractivity contribution >= 4 is 34.1 Å².